The van der Waals surface area contributed by atoms with Crippen molar-refractivity contribution in [1.29, 1.82) is 0 Å². The molecular formula is C18H28O2. The van der Waals surface area contributed by atoms with Crippen LogP contribution in [0.5, 0.6) is 0 Å². The molecule has 0 spiro atoms. The Bertz CT molecular complexity index is 408. The number of ether oxygens (including phenoxy) is 1. The zero-order valence-electron chi connectivity index (χ0n) is 13.3. The molecule has 2 aliphatic rings. The van der Waals surface area contributed by atoms with Gasteiger partial charge < -0.3 is 4.74 Å². The summed E-state index contributed by atoms with van der Waals surface area (Å²) < 4.78 is 5.30. The van der Waals surface area contributed by atoms with Crippen LogP contribution in [0.2, 0.25) is 0 Å². The van der Waals surface area contributed by atoms with Gasteiger partial charge in [-0.1, -0.05) is 37.1 Å². The molecule has 0 amide bonds. The van der Waals surface area contributed by atoms with E-state index in [1.165, 1.54) is 24.8 Å². The fraction of sp³-hybridized carbons (Fsp3) is 0.722. The molecule has 1 saturated carbocycles. The van der Waals surface area contributed by atoms with Crippen molar-refractivity contribution in [2.75, 3.05) is 6.61 Å². The normalized spacial score (nSPS) is 37.4. The van der Waals surface area contributed by atoms with Gasteiger partial charge in [0, 0.05) is 0 Å². The summed E-state index contributed by atoms with van der Waals surface area (Å²) >= 11 is 0. The van der Waals surface area contributed by atoms with Crippen molar-refractivity contribution in [3.8, 4) is 0 Å². The molecule has 0 aromatic carbocycles. The van der Waals surface area contributed by atoms with Crippen LogP contribution in [0.3, 0.4) is 0 Å². The summed E-state index contributed by atoms with van der Waals surface area (Å²) in [6.07, 6.45) is 10.3. The molecule has 0 saturated heterocycles. The molecule has 0 aliphatic heterocycles. The van der Waals surface area contributed by atoms with E-state index in [1.54, 1.807) is 0 Å². The summed E-state index contributed by atoms with van der Waals surface area (Å²) in [7, 11) is 0. The Morgan fingerprint density at radius 1 is 1.45 bits per heavy atom. The zero-order valence-corrected chi connectivity index (χ0v) is 13.3. The number of rotatable bonds is 3. The molecule has 112 valence electrons. The Hall–Kier alpha value is -1.05. The van der Waals surface area contributed by atoms with Crippen molar-refractivity contribution < 1.29 is 9.53 Å². The lowest BCUT2D eigenvalue weighted by molar-refractivity contribution is -0.148. The quantitative estimate of drug-likeness (QED) is 0.565. The van der Waals surface area contributed by atoms with Crippen LogP contribution in [-0.2, 0) is 9.53 Å². The van der Waals surface area contributed by atoms with Crippen molar-refractivity contribution >= 4 is 5.97 Å². The maximum atomic E-state index is 12.3. The van der Waals surface area contributed by atoms with E-state index in [9.17, 15) is 4.79 Å². The second-order valence-electron chi connectivity index (χ2n) is 6.48. The molecule has 0 unspecified atom stereocenters. The monoisotopic (exact) mass is 276 g/mol. The molecule has 0 aromatic rings. The van der Waals surface area contributed by atoms with E-state index in [1.807, 2.05) is 6.92 Å². The van der Waals surface area contributed by atoms with E-state index < -0.39 is 0 Å². The maximum absolute atomic E-state index is 12.3. The molecule has 2 rings (SSSR count). The summed E-state index contributed by atoms with van der Waals surface area (Å²) in [6, 6.07) is 0. The van der Waals surface area contributed by atoms with E-state index in [4.69, 9.17) is 4.74 Å². The van der Waals surface area contributed by atoms with Gasteiger partial charge in [-0.05, 0) is 57.3 Å². The predicted molar refractivity (Wildman–Crippen MR) is 82.2 cm³/mol. The summed E-state index contributed by atoms with van der Waals surface area (Å²) in [6.45, 7) is 8.94. The number of carbonyl (C=O) groups excluding carboxylic acids is 1. The molecule has 2 aliphatic carbocycles. The number of allylic oxidation sites excluding steroid dienone is 3. The minimum Gasteiger partial charge on any atom is -0.466 e. The minimum absolute atomic E-state index is 0.0494. The first-order valence-electron chi connectivity index (χ1n) is 8.06. The van der Waals surface area contributed by atoms with E-state index in [-0.39, 0.29) is 11.9 Å². The van der Waals surface area contributed by atoms with Crippen LogP contribution >= 0.6 is 0 Å². The van der Waals surface area contributed by atoms with Crippen molar-refractivity contribution in [2.24, 2.45) is 29.6 Å². The van der Waals surface area contributed by atoms with E-state index in [2.05, 4.69) is 39.0 Å². The highest BCUT2D eigenvalue weighted by Crippen LogP contribution is 2.48. The third-order valence-electron chi connectivity index (χ3n) is 5.07. The topological polar surface area (TPSA) is 26.3 Å². The lowest BCUT2D eigenvalue weighted by atomic mass is 9.60. The van der Waals surface area contributed by atoms with Gasteiger partial charge in [-0.25, -0.2) is 0 Å². The van der Waals surface area contributed by atoms with Gasteiger partial charge in [0.05, 0.1) is 12.5 Å². The van der Waals surface area contributed by atoms with Gasteiger partial charge in [-0.15, -0.1) is 0 Å². The molecule has 1 fully saturated rings. The van der Waals surface area contributed by atoms with Gasteiger partial charge in [0.2, 0.25) is 0 Å². The van der Waals surface area contributed by atoms with Crippen molar-refractivity contribution in [1.82, 2.24) is 0 Å². The minimum atomic E-state index is -0.0855. The number of carbonyl (C=O) groups is 1. The highest BCUT2D eigenvalue weighted by molar-refractivity contribution is 5.75. The third kappa shape index (κ3) is 2.99. The van der Waals surface area contributed by atoms with Crippen LogP contribution in [-0.4, -0.2) is 12.6 Å². The number of esters is 1. The molecule has 0 bridgehead atoms. The lowest BCUT2D eigenvalue weighted by Crippen LogP contribution is -2.40. The average molecular weight is 276 g/mol. The second kappa shape index (κ2) is 6.60. The molecule has 0 heterocycles. The maximum Gasteiger partial charge on any atom is 0.313 e. The smallest absolute Gasteiger partial charge is 0.313 e. The highest BCUT2D eigenvalue weighted by atomic mass is 16.5. The standard InChI is InChI=1S/C18H28O2/c1-5-7-15-16-10-12(3)8-9-14(16)13(4)11-17(15)18(19)20-6-2/h5,7,11-12,14-17H,6,8-10H2,1-4H3/b7-5+/t12-,14+,15+,16-,17-/m0/s1. The Kier molecular flexibility index (Phi) is 5.06. The first-order valence-corrected chi connectivity index (χ1v) is 8.06. The van der Waals surface area contributed by atoms with Crippen LogP contribution < -0.4 is 0 Å². The van der Waals surface area contributed by atoms with Crippen molar-refractivity contribution in [3.63, 3.8) is 0 Å². The van der Waals surface area contributed by atoms with Gasteiger partial charge >= 0.3 is 5.97 Å². The van der Waals surface area contributed by atoms with Crippen LogP contribution in [0, 0.1) is 29.6 Å². The number of hydrogen-bond acceptors (Lipinski definition) is 2. The molecule has 20 heavy (non-hydrogen) atoms. The Labute approximate surface area is 123 Å². The molecule has 2 heteroatoms. The Morgan fingerprint density at radius 3 is 2.85 bits per heavy atom. The zero-order chi connectivity index (χ0) is 14.7. The predicted octanol–water partition coefficient (Wildman–Crippen LogP) is 4.37. The highest BCUT2D eigenvalue weighted by Gasteiger charge is 2.43. The first-order chi connectivity index (χ1) is 9.58. The summed E-state index contributed by atoms with van der Waals surface area (Å²) in [5.74, 6) is 2.23. The van der Waals surface area contributed by atoms with Gasteiger partial charge in [0.15, 0.2) is 0 Å². The van der Waals surface area contributed by atoms with Gasteiger partial charge in [-0.2, -0.15) is 0 Å². The SMILES string of the molecule is C/C=C/[C@@H]1[C@H]2C[C@@H](C)CC[C@@H]2C(C)=C[C@@H]1C(=O)OCC. The third-order valence-corrected chi connectivity index (χ3v) is 5.07. The van der Waals surface area contributed by atoms with Crippen LogP contribution in [0.15, 0.2) is 23.8 Å². The van der Waals surface area contributed by atoms with Crippen LogP contribution in [0.1, 0.15) is 47.0 Å². The molecular weight excluding hydrogens is 248 g/mol. The molecule has 5 atom stereocenters. The molecule has 0 aromatic heterocycles. The van der Waals surface area contributed by atoms with Crippen molar-refractivity contribution in [2.45, 2.75) is 47.0 Å². The molecule has 0 N–H and O–H groups in total. The van der Waals surface area contributed by atoms with Crippen LogP contribution in [0.4, 0.5) is 0 Å². The fourth-order valence-corrected chi connectivity index (χ4v) is 4.15. The van der Waals surface area contributed by atoms with Crippen LogP contribution in [0.25, 0.3) is 0 Å². The van der Waals surface area contributed by atoms with Gasteiger partial charge in [0.25, 0.3) is 0 Å². The Balaban J connectivity index is 2.31. The number of fused-ring (bicyclic) bond motifs is 1. The molecule has 0 radical (unpaired) electrons. The van der Waals surface area contributed by atoms with E-state index in [0.717, 1.165) is 5.92 Å². The molecule has 2 nitrogen and oxygen atoms in total. The second-order valence-corrected chi connectivity index (χ2v) is 6.48. The van der Waals surface area contributed by atoms with E-state index in [0.29, 0.717) is 24.4 Å². The largest absolute Gasteiger partial charge is 0.466 e. The fourth-order valence-electron chi connectivity index (χ4n) is 4.15. The average Bonchev–Trinajstić information content (AvgIpc) is 2.41. The summed E-state index contributed by atoms with van der Waals surface area (Å²) in [4.78, 5) is 12.3. The lowest BCUT2D eigenvalue weighted by Gasteiger charge is -2.44. The summed E-state index contributed by atoms with van der Waals surface area (Å²) in [5.41, 5.74) is 1.40. The summed E-state index contributed by atoms with van der Waals surface area (Å²) in [5, 5.41) is 0. The number of hydrogen-bond donors (Lipinski definition) is 0. The first kappa shape index (κ1) is 15.3. The van der Waals surface area contributed by atoms with Gasteiger partial charge in [0.1, 0.15) is 0 Å². The van der Waals surface area contributed by atoms with Gasteiger partial charge in [-0.3, -0.25) is 4.79 Å². The van der Waals surface area contributed by atoms with Crippen molar-refractivity contribution in [3.05, 3.63) is 23.8 Å². The van der Waals surface area contributed by atoms with E-state index >= 15 is 0 Å². The Morgan fingerprint density at radius 2 is 2.20 bits per heavy atom.